The molecule has 13 heavy (non-hydrogen) atoms. The maximum Gasteiger partial charge on any atom is 0.157 e. The first-order valence-electron chi connectivity index (χ1n) is 4.80. The monoisotopic (exact) mass is 190 g/mol. The lowest BCUT2D eigenvalue weighted by Crippen LogP contribution is -2.44. The molecule has 0 aromatic rings. The minimum atomic E-state index is -0.701. The van der Waals surface area contributed by atoms with Gasteiger partial charge in [0.15, 0.2) is 6.29 Å². The smallest absolute Gasteiger partial charge is 0.157 e. The van der Waals surface area contributed by atoms with Gasteiger partial charge in [-0.25, -0.2) is 0 Å². The van der Waals surface area contributed by atoms with Gasteiger partial charge >= 0.3 is 0 Å². The van der Waals surface area contributed by atoms with Crippen LogP contribution in [0.4, 0.5) is 0 Å². The highest BCUT2D eigenvalue weighted by molar-refractivity contribution is 4.76. The molecule has 1 aliphatic rings. The van der Waals surface area contributed by atoms with Gasteiger partial charge in [-0.15, -0.1) is 0 Å². The maximum atomic E-state index is 9.23. The SMILES string of the molecule is CCO[C@H]1CC(O)OC[C@H]1OCC. The van der Waals surface area contributed by atoms with Crippen molar-refractivity contribution in [3.8, 4) is 0 Å². The summed E-state index contributed by atoms with van der Waals surface area (Å²) in [5.41, 5.74) is 0. The van der Waals surface area contributed by atoms with Crippen LogP contribution in [0.15, 0.2) is 0 Å². The molecular formula is C9H18O4. The first kappa shape index (κ1) is 10.9. The van der Waals surface area contributed by atoms with Crippen LogP contribution in [0.1, 0.15) is 20.3 Å². The molecule has 1 aliphatic heterocycles. The number of aliphatic hydroxyl groups excluding tert-OH is 1. The Morgan fingerprint density at radius 2 is 1.85 bits per heavy atom. The van der Waals surface area contributed by atoms with Crippen molar-refractivity contribution >= 4 is 0 Å². The molecule has 0 bridgehead atoms. The Kier molecular flexibility index (Phi) is 4.66. The summed E-state index contributed by atoms with van der Waals surface area (Å²) in [6.07, 6.45) is -0.270. The normalized spacial score (nSPS) is 34.8. The van der Waals surface area contributed by atoms with Gasteiger partial charge in [0.25, 0.3) is 0 Å². The fourth-order valence-electron chi connectivity index (χ4n) is 1.49. The molecule has 1 heterocycles. The van der Waals surface area contributed by atoms with E-state index >= 15 is 0 Å². The van der Waals surface area contributed by atoms with E-state index < -0.39 is 6.29 Å². The summed E-state index contributed by atoms with van der Waals surface area (Å²) >= 11 is 0. The predicted molar refractivity (Wildman–Crippen MR) is 47.4 cm³/mol. The minimum Gasteiger partial charge on any atom is -0.376 e. The first-order chi connectivity index (χ1) is 6.27. The third-order valence-electron chi connectivity index (χ3n) is 2.06. The summed E-state index contributed by atoms with van der Waals surface area (Å²) in [5.74, 6) is 0. The molecule has 1 unspecified atom stereocenters. The van der Waals surface area contributed by atoms with E-state index in [0.717, 1.165) is 0 Å². The van der Waals surface area contributed by atoms with Gasteiger partial charge in [-0.3, -0.25) is 0 Å². The largest absolute Gasteiger partial charge is 0.376 e. The summed E-state index contributed by atoms with van der Waals surface area (Å²) < 4.78 is 16.0. The standard InChI is InChI=1S/C9H18O4/c1-3-11-7-5-9(10)13-6-8(7)12-4-2/h7-10H,3-6H2,1-2H3/t7-,8+,9?/m0/s1. The predicted octanol–water partition coefficient (Wildman–Crippen LogP) is 0.535. The van der Waals surface area contributed by atoms with Crippen LogP contribution in [-0.4, -0.2) is 43.4 Å². The van der Waals surface area contributed by atoms with E-state index in [1.54, 1.807) is 0 Å². The van der Waals surface area contributed by atoms with Gasteiger partial charge in [-0.05, 0) is 13.8 Å². The number of hydrogen-bond acceptors (Lipinski definition) is 4. The van der Waals surface area contributed by atoms with E-state index in [1.807, 2.05) is 13.8 Å². The number of hydrogen-bond donors (Lipinski definition) is 1. The Hall–Kier alpha value is -0.160. The van der Waals surface area contributed by atoms with Crippen molar-refractivity contribution < 1.29 is 19.3 Å². The summed E-state index contributed by atoms with van der Waals surface area (Å²) in [5, 5.41) is 9.23. The van der Waals surface area contributed by atoms with Crippen molar-refractivity contribution in [2.75, 3.05) is 19.8 Å². The van der Waals surface area contributed by atoms with E-state index in [-0.39, 0.29) is 12.2 Å². The molecule has 1 fully saturated rings. The van der Waals surface area contributed by atoms with Gasteiger partial charge in [0, 0.05) is 19.6 Å². The van der Waals surface area contributed by atoms with Crippen LogP contribution in [0.25, 0.3) is 0 Å². The average Bonchev–Trinajstić information content (AvgIpc) is 2.10. The highest BCUT2D eigenvalue weighted by Crippen LogP contribution is 2.18. The number of aliphatic hydroxyl groups is 1. The van der Waals surface area contributed by atoms with Crippen LogP contribution in [-0.2, 0) is 14.2 Å². The van der Waals surface area contributed by atoms with Gasteiger partial charge in [-0.2, -0.15) is 0 Å². The maximum absolute atomic E-state index is 9.23. The van der Waals surface area contributed by atoms with E-state index in [1.165, 1.54) is 0 Å². The molecule has 0 saturated carbocycles. The Morgan fingerprint density at radius 1 is 1.23 bits per heavy atom. The van der Waals surface area contributed by atoms with E-state index in [4.69, 9.17) is 14.2 Å². The summed E-state index contributed by atoms with van der Waals surface area (Å²) in [4.78, 5) is 0. The highest BCUT2D eigenvalue weighted by atomic mass is 16.6. The van der Waals surface area contributed by atoms with Gasteiger partial charge in [0.2, 0.25) is 0 Å². The fraction of sp³-hybridized carbons (Fsp3) is 1.00. The van der Waals surface area contributed by atoms with Crippen molar-refractivity contribution in [1.29, 1.82) is 0 Å². The highest BCUT2D eigenvalue weighted by Gasteiger charge is 2.31. The third-order valence-corrected chi connectivity index (χ3v) is 2.06. The average molecular weight is 190 g/mol. The second kappa shape index (κ2) is 5.54. The second-order valence-corrected chi connectivity index (χ2v) is 3.01. The lowest BCUT2D eigenvalue weighted by molar-refractivity contribution is -0.215. The third kappa shape index (κ3) is 3.23. The van der Waals surface area contributed by atoms with Crippen LogP contribution in [0.2, 0.25) is 0 Å². The first-order valence-corrected chi connectivity index (χ1v) is 4.80. The number of rotatable bonds is 4. The molecule has 0 aliphatic carbocycles. The number of ether oxygens (including phenoxy) is 3. The summed E-state index contributed by atoms with van der Waals surface area (Å²) in [6, 6.07) is 0. The Bertz CT molecular complexity index is 140. The second-order valence-electron chi connectivity index (χ2n) is 3.01. The Morgan fingerprint density at radius 3 is 2.46 bits per heavy atom. The zero-order valence-electron chi connectivity index (χ0n) is 8.23. The van der Waals surface area contributed by atoms with Crippen LogP contribution >= 0.6 is 0 Å². The molecule has 3 atom stereocenters. The van der Waals surface area contributed by atoms with Gasteiger partial charge in [-0.1, -0.05) is 0 Å². The van der Waals surface area contributed by atoms with E-state index in [2.05, 4.69) is 0 Å². The molecule has 0 aromatic carbocycles. The Balaban J connectivity index is 2.40. The lowest BCUT2D eigenvalue weighted by atomic mass is 10.1. The van der Waals surface area contributed by atoms with Crippen molar-refractivity contribution in [3.05, 3.63) is 0 Å². The van der Waals surface area contributed by atoms with Crippen molar-refractivity contribution in [2.24, 2.45) is 0 Å². The molecule has 0 radical (unpaired) electrons. The summed E-state index contributed by atoms with van der Waals surface area (Å²) in [7, 11) is 0. The summed E-state index contributed by atoms with van der Waals surface area (Å²) in [6.45, 7) is 5.58. The molecule has 0 aromatic heterocycles. The van der Waals surface area contributed by atoms with Crippen LogP contribution in [0, 0.1) is 0 Å². The topological polar surface area (TPSA) is 47.9 Å². The van der Waals surface area contributed by atoms with E-state index in [9.17, 15) is 5.11 Å². The van der Waals surface area contributed by atoms with Crippen LogP contribution < -0.4 is 0 Å². The van der Waals surface area contributed by atoms with Gasteiger partial charge < -0.3 is 19.3 Å². The van der Waals surface area contributed by atoms with Crippen LogP contribution in [0.3, 0.4) is 0 Å². The Labute approximate surface area is 78.8 Å². The van der Waals surface area contributed by atoms with E-state index in [0.29, 0.717) is 26.2 Å². The fourth-order valence-corrected chi connectivity index (χ4v) is 1.49. The molecule has 0 amide bonds. The van der Waals surface area contributed by atoms with Gasteiger partial charge in [0.1, 0.15) is 6.10 Å². The van der Waals surface area contributed by atoms with Crippen molar-refractivity contribution in [3.63, 3.8) is 0 Å². The molecule has 1 N–H and O–H groups in total. The molecule has 0 spiro atoms. The molecule has 78 valence electrons. The zero-order valence-corrected chi connectivity index (χ0v) is 8.23. The molecule has 4 nitrogen and oxygen atoms in total. The van der Waals surface area contributed by atoms with Crippen LogP contribution in [0.5, 0.6) is 0 Å². The lowest BCUT2D eigenvalue weighted by Gasteiger charge is -2.33. The molecule has 4 heteroatoms. The van der Waals surface area contributed by atoms with Gasteiger partial charge in [0.05, 0.1) is 12.7 Å². The quantitative estimate of drug-likeness (QED) is 0.702. The molecular weight excluding hydrogens is 172 g/mol. The van der Waals surface area contributed by atoms with Crippen molar-refractivity contribution in [1.82, 2.24) is 0 Å². The minimum absolute atomic E-state index is 0.0336. The molecule has 1 rings (SSSR count). The zero-order chi connectivity index (χ0) is 9.68. The van der Waals surface area contributed by atoms with Crippen molar-refractivity contribution in [2.45, 2.75) is 38.8 Å². The molecule has 1 saturated heterocycles.